The summed E-state index contributed by atoms with van der Waals surface area (Å²) in [7, 11) is 1.87. The van der Waals surface area contributed by atoms with Crippen LogP contribution in [0.2, 0.25) is 0 Å². The molecule has 16 heavy (non-hydrogen) atoms. The molecule has 80 valence electrons. The van der Waals surface area contributed by atoms with Crippen LogP contribution < -0.4 is 0 Å². The Labute approximate surface area is 91.6 Å². The van der Waals surface area contributed by atoms with Gasteiger partial charge in [-0.25, -0.2) is 14.6 Å². The van der Waals surface area contributed by atoms with E-state index in [9.17, 15) is 0 Å². The second kappa shape index (κ2) is 3.13. The fraction of sp³-hybridized carbons (Fsp3) is 0.200. The average Bonchev–Trinajstić information content (AvgIpc) is 2.88. The number of nitrogens with zero attached hydrogens (tertiary/aromatic N) is 6. The minimum absolute atomic E-state index is 0.764. The Morgan fingerprint density at radius 3 is 2.88 bits per heavy atom. The Balaban J connectivity index is 2.41. The Bertz CT molecular complexity index is 637. The van der Waals surface area contributed by atoms with E-state index in [-0.39, 0.29) is 0 Å². The quantitative estimate of drug-likeness (QED) is 0.602. The molecular formula is C10H10N6. The number of aryl methyl sites for hydroxylation is 2. The van der Waals surface area contributed by atoms with Gasteiger partial charge in [0.15, 0.2) is 11.5 Å². The van der Waals surface area contributed by atoms with Crippen molar-refractivity contribution in [2.75, 3.05) is 0 Å². The molecule has 6 nitrogen and oxygen atoms in total. The van der Waals surface area contributed by atoms with Crippen molar-refractivity contribution < 1.29 is 0 Å². The van der Waals surface area contributed by atoms with Crippen molar-refractivity contribution >= 4 is 11.0 Å². The van der Waals surface area contributed by atoms with Crippen molar-refractivity contribution in [3.8, 4) is 5.82 Å². The van der Waals surface area contributed by atoms with Gasteiger partial charge in [0.2, 0.25) is 0 Å². The molecule has 3 aromatic heterocycles. The van der Waals surface area contributed by atoms with E-state index in [2.05, 4.69) is 20.2 Å². The Morgan fingerprint density at radius 1 is 1.25 bits per heavy atom. The molecule has 0 aromatic carbocycles. The lowest BCUT2D eigenvalue weighted by Crippen LogP contribution is -2.00. The third-order valence-electron chi connectivity index (χ3n) is 2.50. The van der Waals surface area contributed by atoms with Crippen molar-refractivity contribution in [3.05, 3.63) is 30.5 Å². The number of fused-ring (bicyclic) bond motifs is 1. The molecule has 0 aliphatic heterocycles. The molecule has 0 unspecified atom stereocenters. The first kappa shape index (κ1) is 9.02. The lowest BCUT2D eigenvalue weighted by Gasteiger charge is -2.01. The predicted molar refractivity (Wildman–Crippen MR) is 58.2 cm³/mol. The molecule has 0 spiro atoms. The zero-order valence-corrected chi connectivity index (χ0v) is 8.99. The summed E-state index contributed by atoms with van der Waals surface area (Å²) >= 11 is 0. The minimum atomic E-state index is 0.764. The van der Waals surface area contributed by atoms with Crippen LogP contribution in [0.1, 0.15) is 5.69 Å². The summed E-state index contributed by atoms with van der Waals surface area (Å²) in [4.78, 5) is 8.48. The van der Waals surface area contributed by atoms with E-state index in [4.69, 9.17) is 0 Å². The first-order chi connectivity index (χ1) is 7.77. The van der Waals surface area contributed by atoms with Crippen LogP contribution in [0.25, 0.3) is 16.9 Å². The molecular weight excluding hydrogens is 204 g/mol. The molecule has 0 amide bonds. The number of rotatable bonds is 1. The van der Waals surface area contributed by atoms with Crippen molar-refractivity contribution in [2.24, 2.45) is 7.05 Å². The zero-order chi connectivity index (χ0) is 11.1. The normalized spacial score (nSPS) is 11.1. The van der Waals surface area contributed by atoms with Crippen LogP contribution in [0.5, 0.6) is 0 Å². The first-order valence-electron chi connectivity index (χ1n) is 4.91. The lowest BCUT2D eigenvalue weighted by atomic mass is 10.3. The molecule has 6 heteroatoms. The Kier molecular flexibility index (Phi) is 1.76. The molecule has 0 N–H and O–H groups in total. The Morgan fingerprint density at radius 2 is 2.12 bits per heavy atom. The maximum atomic E-state index is 4.33. The van der Waals surface area contributed by atoms with Crippen LogP contribution in [-0.2, 0) is 7.05 Å². The number of hydrogen-bond acceptors (Lipinski definition) is 4. The van der Waals surface area contributed by atoms with E-state index in [0.717, 1.165) is 22.5 Å². The van der Waals surface area contributed by atoms with Crippen LogP contribution in [-0.4, -0.2) is 29.5 Å². The first-order valence-corrected chi connectivity index (χ1v) is 4.91. The van der Waals surface area contributed by atoms with E-state index in [1.165, 1.54) is 6.33 Å². The Hall–Kier alpha value is -2.24. The lowest BCUT2D eigenvalue weighted by molar-refractivity contribution is 0.772. The van der Waals surface area contributed by atoms with Gasteiger partial charge in [-0.05, 0) is 13.0 Å². The van der Waals surface area contributed by atoms with Gasteiger partial charge < -0.3 is 0 Å². The molecule has 0 radical (unpaired) electrons. The van der Waals surface area contributed by atoms with Crippen LogP contribution in [0.15, 0.2) is 24.8 Å². The van der Waals surface area contributed by atoms with Gasteiger partial charge in [0.1, 0.15) is 6.33 Å². The second-order valence-electron chi connectivity index (χ2n) is 3.56. The van der Waals surface area contributed by atoms with Crippen molar-refractivity contribution in [3.63, 3.8) is 0 Å². The fourth-order valence-electron chi connectivity index (χ4n) is 1.83. The molecule has 0 saturated carbocycles. The van der Waals surface area contributed by atoms with Gasteiger partial charge in [0.25, 0.3) is 0 Å². The standard InChI is InChI=1S/C10H10N6/c1-7-8-9(15(2)14-7)11-6-12-10(8)16-5-3-4-13-16/h3-6H,1-2H3. The highest BCUT2D eigenvalue weighted by Gasteiger charge is 2.13. The maximum absolute atomic E-state index is 4.33. The molecule has 3 aromatic rings. The van der Waals surface area contributed by atoms with E-state index in [1.54, 1.807) is 15.6 Å². The smallest absolute Gasteiger partial charge is 0.168 e. The molecule has 0 aliphatic carbocycles. The molecule has 0 saturated heterocycles. The molecule has 3 rings (SSSR count). The van der Waals surface area contributed by atoms with Gasteiger partial charge in [-0.2, -0.15) is 10.2 Å². The highest BCUT2D eigenvalue weighted by Crippen LogP contribution is 2.20. The maximum Gasteiger partial charge on any atom is 0.168 e. The molecule has 0 fully saturated rings. The number of aromatic nitrogens is 6. The third kappa shape index (κ3) is 1.13. The second-order valence-corrected chi connectivity index (χ2v) is 3.56. The van der Waals surface area contributed by atoms with E-state index >= 15 is 0 Å². The predicted octanol–water partition coefficient (Wildman–Crippen LogP) is 0.857. The summed E-state index contributed by atoms with van der Waals surface area (Å²) in [6.07, 6.45) is 5.11. The summed E-state index contributed by atoms with van der Waals surface area (Å²) < 4.78 is 3.47. The van der Waals surface area contributed by atoms with Gasteiger partial charge in [-0.3, -0.25) is 4.68 Å². The summed E-state index contributed by atoms with van der Waals surface area (Å²) in [5.74, 6) is 0.764. The van der Waals surface area contributed by atoms with Crippen molar-refractivity contribution in [1.82, 2.24) is 29.5 Å². The van der Waals surface area contributed by atoms with Crippen LogP contribution in [0, 0.1) is 6.92 Å². The molecule has 0 bridgehead atoms. The highest BCUT2D eigenvalue weighted by molar-refractivity contribution is 5.84. The minimum Gasteiger partial charge on any atom is -0.250 e. The fourth-order valence-corrected chi connectivity index (χ4v) is 1.83. The van der Waals surface area contributed by atoms with Gasteiger partial charge in [-0.1, -0.05) is 0 Å². The van der Waals surface area contributed by atoms with Gasteiger partial charge in [0.05, 0.1) is 11.1 Å². The van der Waals surface area contributed by atoms with Crippen LogP contribution >= 0.6 is 0 Å². The third-order valence-corrected chi connectivity index (χ3v) is 2.50. The van der Waals surface area contributed by atoms with E-state index in [0.29, 0.717) is 0 Å². The molecule has 3 heterocycles. The summed E-state index contributed by atoms with van der Waals surface area (Å²) in [5.41, 5.74) is 1.72. The topological polar surface area (TPSA) is 61.4 Å². The van der Waals surface area contributed by atoms with E-state index < -0.39 is 0 Å². The van der Waals surface area contributed by atoms with Gasteiger partial charge in [-0.15, -0.1) is 0 Å². The van der Waals surface area contributed by atoms with E-state index in [1.807, 2.05) is 26.2 Å². The van der Waals surface area contributed by atoms with Crippen LogP contribution in [0.4, 0.5) is 0 Å². The monoisotopic (exact) mass is 214 g/mol. The molecule has 0 atom stereocenters. The van der Waals surface area contributed by atoms with Gasteiger partial charge >= 0.3 is 0 Å². The van der Waals surface area contributed by atoms with Gasteiger partial charge in [0, 0.05) is 19.4 Å². The largest absolute Gasteiger partial charge is 0.250 e. The zero-order valence-electron chi connectivity index (χ0n) is 8.99. The summed E-state index contributed by atoms with van der Waals surface area (Å²) in [6.45, 7) is 1.94. The van der Waals surface area contributed by atoms with Crippen LogP contribution in [0.3, 0.4) is 0 Å². The van der Waals surface area contributed by atoms with Crippen molar-refractivity contribution in [2.45, 2.75) is 6.92 Å². The molecule has 0 aliphatic rings. The number of hydrogen-bond donors (Lipinski definition) is 0. The summed E-state index contributed by atoms with van der Waals surface area (Å²) in [6, 6.07) is 1.86. The summed E-state index contributed by atoms with van der Waals surface area (Å²) in [5, 5.41) is 9.45. The SMILES string of the molecule is Cc1nn(C)c2ncnc(-n3cccn3)c12. The average molecular weight is 214 g/mol. The highest BCUT2D eigenvalue weighted by atomic mass is 15.3. The van der Waals surface area contributed by atoms with Crippen molar-refractivity contribution in [1.29, 1.82) is 0 Å².